The van der Waals surface area contributed by atoms with Crippen LogP contribution in [0.2, 0.25) is 0 Å². The molecule has 0 aromatic heterocycles. The van der Waals surface area contributed by atoms with Crippen LogP contribution in [0.3, 0.4) is 0 Å². The third-order valence-electron chi connectivity index (χ3n) is 2.63. The van der Waals surface area contributed by atoms with Crippen molar-refractivity contribution in [3.63, 3.8) is 0 Å². The van der Waals surface area contributed by atoms with Crippen molar-refractivity contribution in [3.8, 4) is 0 Å². The Bertz CT molecular complexity index is 452. The first kappa shape index (κ1) is 14.6. The summed E-state index contributed by atoms with van der Waals surface area (Å²) in [5.41, 5.74) is 1.07. The summed E-state index contributed by atoms with van der Waals surface area (Å²) in [5.74, 6) is 1.49. The topological polar surface area (TPSA) is 34.1 Å². The molecular weight excluding hydrogens is 252 g/mol. The monoisotopic (exact) mass is 272 g/mol. The number of thiol groups is 1. The van der Waals surface area contributed by atoms with Crippen molar-refractivity contribution in [1.82, 2.24) is 0 Å². The first-order valence-electron chi connectivity index (χ1n) is 5.92. The minimum absolute atomic E-state index is 0.221. The van der Waals surface area contributed by atoms with Crippen molar-refractivity contribution in [2.75, 3.05) is 11.5 Å². The summed E-state index contributed by atoms with van der Waals surface area (Å²) in [7, 11) is -3.09. The van der Waals surface area contributed by atoms with E-state index in [0.29, 0.717) is 17.2 Å². The summed E-state index contributed by atoms with van der Waals surface area (Å²) in [6.45, 7) is 3.99. The highest BCUT2D eigenvalue weighted by atomic mass is 32.2. The molecule has 1 aromatic rings. The molecule has 1 unspecified atom stereocenters. The van der Waals surface area contributed by atoms with Crippen molar-refractivity contribution in [2.24, 2.45) is 5.92 Å². The fourth-order valence-electron chi connectivity index (χ4n) is 1.72. The molecule has 1 rings (SSSR count). The largest absolute Gasteiger partial charge is 0.224 e. The summed E-state index contributed by atoms with van der Waals surface area (Å²) in [6, 6.07) is 7.28. The minimum atomic E-state index is -3.09. The molecule has 0 bridgehead atoms. The second-order valence-corrected chi connectivity index (χ2v) is 6.93. The maximum atomic E-state index is 11.9. The molecule has 96 valence electrons. The Morgan fingerprint density at radius 2 is 2.06 bits per heavy atom. The highest BCUT2D eigenvalue weighted by Gasteiger charge is 2.13. The van der Waals surface area contributed by atoms with E-state index in [4.69, 9.17) is 0 Å². The highest BCUT2D eigenvalue weighted by molar-refractivity contribution is 7.91. The molecule has 0 N–H and O–H groups in total. The molecule has 1 aromatic carbocycles. The molecule has 17 heavy (non-hydrogen) atoms. The number of benzene rings is 1. The third-order valence-corrected chi connectivity index (χ3v) is 5.17. The average molecular weight is 272 g/mol. The van der Waals surface area contributed by atoms with Gasteiger partial charge in [-0.3, -0.25) is 0 Å². The van der Waals surface area contributed by atoms with Gasteiger partial charge in [0, 0.05) is 0 Å². The van der Waals surface area contributed by atoms with Gasteiger partial charge in [-0.1, -0.05) is 26.0 Å². The van der Waals surface area contributed by atoms with Crippen molar-refractivity contribution in [2.45, 2.75) is 31.6 Å². The second kappa shape index (κ2) is 6.45. The van der Waals surface area contributed by atoms with E-state index >= 15 is 0 Å². The second-order valence-electron chi connectivity index (χ2n) is 4.46. The van der Waals surface area contributed by atoms with Gasteiger partial charge in [-0.25, -0.2) is 8.42 Å². The first-order chi connectivity index (χ1) is 7.99. The van der Waals surface area contributed by atoms with E-state index < -0.39 is 9.84 Å². The van der Waals surface area contributed by atoms with E-state index in [1.807, 2.05) is 19.1 Å². The van der Waals surface area contributed by atoms with E-state index in [0.717, 1.165) is 17.7 Å². The molecule has 0 saturated heterocycles. The van der Waals surface area contributed by atoms with Gasteiger partial charge in [0.2, 0.25) is 0 Å². The van der Waals surface area contributed by atoms with Crippen LogP contribution < -0.4 is 0 Å². The van der Waals surface area contributed by atoms with Crippen LogP contribution in [-0.2, 0) is 16.3 Å². The van der Waals surface area contributed by atoms with Crippen molar-refractivity contribution in [1.29, 1.82) is 0 Å². The Labute approximate surface area is 110 Å². The van der Waals surface area contributed by atoms with Gasteiger partial charge in [-0.15, -0.1) is 0 Å². The maximum absolute atomic E-state index is 11.9. The van der Waals surface area contributed by atoms with Crippen LogP contribution in [0.25, 0.3) is 0 Å². The van der Waals surface area contributed by atoms with Crippen molar-refractivity contribution < 1.29 is 8.42 Å². The van der Waals surface area contributed by atoms with E-state index in [2.05, 4.69) is 19.6 Å². The number of hydrogen-bond donors (Lipinski definition) is 1. The van der Waals surface area contributed by atoms with Crippen molar-refractivity contribution in [3.05, 3.63) is 29.8 Å². The minimum Gasteiger partial charge on any atom is -0.224 e. The van der Waals surface area contributed by atoms with E-state index in [1.165, 1.54) is 0 Å². The molecule has 2 nitrogen and oxygen atoms in total. The quantitative estimate of drug-likeness (QED) is 0.808. The molecular formula is C13H20O2S2. The molecule has 4 heteroatoms. The molecule has 0 aliphatic carbocycles. The summed E-state index contributed by atoms with van der Waals surface area (Å²) in [4.78, 5) is 0.447. The predicted molar refractivity (Wildman–Crippen MR) is 75.5 cm³/mol. The van der Waals surface area contributed by atoms with Gasteiger partial charge in [-0.05, 0) is 42.2 Å². The zero-order valence-electron chi connectivity index (χ0n) is 10.4. The standard InChI is InChI=1S/C13H20O2S2/c1-3-7-17(14,15)13-6-4-5-12(9-13)8-11(2)10-16/h4-6,9,11,16H,3,7-8,10H2,1-2H3. The first-order valence-corrected chi connectivity index (χ1v) is 8.20. The molecule has 0 radical (unpaired) electrons. The Kier molecular flexibility index (Phi) is 5.53. The van der Waals surface area contributed by atoms with Gasteiger partial charge in [-0.2, -0.15) is 12.6 Å². The van der Waals surface area contributed by atoms with Crippen LogP contribution in [0.4, 0.5) is 0 Å². The molecule has 0 fully saturated rings. The summed E-state index contributed by atoms with van der Waals surface area (Å²) in [5, 5.41) is 0. The number of hydrogen-bond acceptors (Lipinski definition) is 3. The van der Waals surface area contributed by atoms with E-state index in [9.17, 15) is 8.42 Å². The Morgan fingerprint density at radius 3 is 2.65 bits per heavy atom. The lowest BCUT2D eigenvalue weighted by Crippen LogP contribution is -2.07. The zero-order chi connectivity index (χ0) is 12.9. The number of rotatable bonds is 6. The maximum Gasteiger partial charge on any atom is 0.178 e. The van der Waals surface area contributed by atoms with Gasteiger partial charge in [0.05, 0.1) is 10.6 Å². The average Bonchev–Trinajstić information content (AvgIpc) is 2.29. The summed E-state index contributed by atoms with van der Waals surface area (Å²) in [6.07, 6.45) is 1.53. The smallest absolute Gasteiger partial charge is 0.178 e. The highest BCUT2D eigenvalue weighted by Crippen LogP contribution is 2.17. The SMILES string of the molecule is CCCS(=O)(=O)c1cccc(CC(C)CS)c1. The summed E-state index contributed by atoms with van der Waals surface area (Å²) >= 11 is 4.24. The third kappa shape index (κ3) is 4.36. The van der Waals surface area contributed by atoms with Crippen LogP contribution >= 0.6 is 12.6 Å². The Morgan fingerprint density at radius 1 is 1.35 bits per heavy atom. The van der Waals surface area contributed by atoms with Gasteiger partial charge < -0.3 is 0 Å². The molecule has 1 atom stereocenters. The number of sulfone groups is 1. The lowest BCUT2D eigenvalue weighted by atomic mass is 10.0. The van der Waals surface area contributed by atoms with Gasteiger partial charge in [0.1, 0.15) is 0 Å². The molecule has 0 aliphatic heterocycles. The normalized spacial score (nSPS) is 13.6. The van der Waals surface area contributed by atoms with E-state index in [-0.39, 0.29) is 5.75 Å². The molecule has 0 spiro atoms. The van der Waals surface area contributed by atoms with E-state index in [1.54, 1.807) is 12.1 Å². The molecule has 0 heterocycles. The lowest BCUT2D eigenvalue weighted by molar-refractivity contribution is 0.594. The van der Waals surface area contributed by atoms with Gasteiger partial charge in [0.25, 0.3) is 0 Å². The Balaban J connectivity index is 2.93. The molecule has 0 aliphatic rings. The Hall–Kier alpha value is -0.480. The van der Waals surface area contributed by atoms with Crippen LogP contribution in [0.1, 0.15) is 25.8 Å². The molecule has 0 amide bonds. The fourth-order valence-corrected chi connectivity index (χ4v) is 3.24. The predicted octanol–water partition coefficient (Wildman–Crippen LogP) is 2.98. The fraction of sp³-hybridized carbons (Fsp3) is 0.538. The van der Waals surface area contributed by atoms with Crippen LogP contribution in [0, 0.1) is 5.92 Å². The van der Waals surface area contributed by atoms with Gasteiger partial charge >= 0.3 is 0 Å². The zero-order valence-corrected chi connectivity index (χ0v) is 12.1. The summed E-state index contributed by atoms with van der Waals surface area (Å²) < 4.78 is 23.8. The van der Waals surface area contributed by atoms with Crippen LogP contribution in [0.5, 0.6) is 0 Å². The van der Waals surface area contributed by atoms with Crippen LogP contribution in [-0.4, -0.2) is 19.9 Å². The van der Waals surface area contributed by atoms with Gasteiger partial charge in [0.15, 0.2) is 9.84 Å². The van der Waals surface area contributed by atoms with Crippen LogP contribution in [0.15, 0.2) is 29.2 Å². The van der Waals surface area contributed by atoms with Crippen molar-refractivity contribution >= 4 is 22.5 Å². The molecule has 0 saturated carbocycles. The lowest BCUT2D eigenvalue weighted by Gasteiger charge is -2.09.